The number of pyridine rings is 1. The first-order valence-corrected chi connectivity index (χ1v) is 11.9. The Kier molecular flexibility index (Phi) is 8.29. The highest BCUT2D eigenvalue weighted by molar-refractivity contribution is 5.55. The van der Waals surface area contributed by atoms with Gasteiger partial charge < -0.3 is 19.9 Å². The fourth-order valence-corrected chi connectivity index (χ4v) is 3.77. The lowest BCUT2D eigenvalue weighted by atomic mass is 10.1. The van der Waals surface area contributed by atoms with E-state index < -0.39 is 29.5 Å². The van der Waals surface area contributed by atoms with Gasteiger partial charge in [-0.05, 0) is 49.7 Å². The Morgan fingerprint density at radius 3 is 2.39 bits per heavy atom. The zero-order chi connectivity index (χ0) is 27.2. The molecular weight excluding hydrogens is 493 g/mol. The van der Waals surface area contributed by atoms with E-state index in [1.165, 1.54) is 23.8 Å². The van der Waals surface area contributed by atoms with Crippen LogP contribution in [-0.2, 0) is 11.3 Å². The molecule has 0 radical (unpaired) electrons. The highest BCUT2D eigenvalue weighted by Gasteiger charge is 2.20. The van der Waals surface area contributed by atoms with Gasteiger partial charge in [-0.15, -0.1) is 0 Å². The van der Waals surface area contributed by atoms with Gasteiger partial charge in [0.25, 0.3) is 0 Å². The average molecular weight is 522 g/mol. The van der Waals surface area contributed by atoms with Crippen LogP contribution in [0.4, 0.5) is 16.0 Å². The second kappa shape index (κ2) is 11.8. The molecule has 2 heterocycles. The number of aliphatic hydroxyl groups is 1. The van der Waals surface area contributed by atoms with Crippen molar-refractivity contribution in [2.45, 2.75) is 39.1 Å². The van der Waals surface area contributed by atoms with Crippen LogP contribution in [0, 0.1) is 12.7 Å². The van der Waals surface area contributed by atoms with Gasteiger partial charge in [0.05, 0.1) is 12.7 Å². The number of nitrogens with one attached hydrogen (secondary N) is 1. The van der Waals surface area contributed by atoms with Crippen LogP contribution >= 0.6 is 0 Å². The summed E-state index contributed by atoms with van der Waals surface area (Å²) in [6.07, 6.45) is -0.0383. The van der Waals surface area contributed by atoms with Gasteiger partial charge >= 0.3 is 11.4 Å². The van der Waals surface area contributed by atoms with Gasteiger partial charge in [0.15, 0.2) is 6.29 Å². The smallest absolute Gasteiger partial charge is 0.355 e. The molecule has 0 aliphatic carbocycles. The molecule has 198 valence electrons. The van der Waals surface area contributed by atoms with Gasteiger partial charge in [0.1, 0.15) is 11.6 Å². The minimum atomic E-state index is -1.13. The van der Waals surface area contributed by atoms with E-state index in [9.17, 15) is 19.1 Å². The van der Waals surface area contributed by atoms with E-state index in [1.54, 1.807) is 31.2 Å². The van der Waals surface area contributed by atoms with Crippen LogP contribution in [0.3, 0.4) is 0 Å². The Labute approximate surface area is 218 Å². The number of anilines is 2. The molecule has 4 aromatic rings. The summed E-state index contributed by atoms with van der Waals surface area (Å²) in [5.41, 5.74) is 1.13. The van der Waals surface area contributed by atoms with Gasteiger partial charge in [-0.3, -0.25) is 4.57 Å². The van der Waals surface area contributed by atoms with E-state index in [4.69, 9.17) is 9.47 Å². The van der Waals surface area contributed by atoms with Crippen molar-refractivity contribution in [3.8, 4) is 11.6 Å². The first kappa shape index (κ1) is 26.7. The van der Waals surface area contributed by atoms with Crippen LogP contribution in [0.25, 0.3) is 0 Å². The van der Waals surface area contributed by atoms with E-state index in [0.717, 1.165) is 21.9 Å². The van der Waals surface area contributed by atoms with E-state index >= 15 is 0 Å². The van der Waals surface area contributed by atoms with Crippen LogP contribution in [0.5, 0.6) is 11.6 Å². The lowest BCUT2D eigenvalue weighted by molar-refractivity contribution is -0.0852. The van der Waals surface area contributed by atoms with Gasteiger partial charge in [-0.25, -0.2) is 23.5 Å². The molecule has 2 aromatic carbocycles. The number of hydrogen-bond donors (Lipinski definition) is 2. The number of hydrogen-bond acceptors (Lipinski definition) is 8. The number of halogens is 1. The molecular formula is C27H28FN5O5. The molecule has 0 spiro atoms. The molecule has 0 amide bonds. The number of ether oxygens (including phenoxy) is 2. The lowest BCUT2D eigenvalue weighted by Crippen LogP contribution is -2.44. The highest BCUT2D eigenvalue weighted by Crippen LogP contribution is 2.23. The third-order valence-corrected chi connectivity index (χ3v) is 5.85. The maximum atomic E-state index is 13.5. The zero-order valence-electron chi connectivity index (χ0n) is 21.2. The van der Waals surface area contributed by atoms with Crippen molar-refractivity contribution in [2.24, 2.45) is 0 Å². The normalized spacial score (nSPS) is 12.7. The van der Waals surface area contributed by atoms with Crippen LogP contribution in [0.1, 0.15) is 30.5 Å². The summed E-state index contributed by atoms with van der Waals surface area (Å²) in [6.45, 7) is 3.77. The minimum absolute atomic E-state index is 0.0367. The van der Waals surface area contributed by atoms with Crippen molar-refractivity contribution in [1.29, 1.82) is 0 Å². The number of rotatable bonds is 10. The minimum Gasteiger partial charge on any atom is -0.439 e. The summed E-state index contributed by atoms with van der Waals surface area (Å²) in [4.78, 5) is 34.5. The number of benzene rings is 2. The summed E-state index contributed by atoms with van der Waals surface area (Å²) in [5.74, 6) is 0.287. The molecule has 2 atom stereocenters. The standard InChI is InChI=1S/C27H28FN5O5/c1-17-4-6-19(7-5-17)16-32-25(31-26(35)33(27(32)36)18(2)14-24(34)37-3)30-21-9-11-22(12-10-21)38-23-13-8-20(28)15-29-23/h4-13,15,18,24,34H,14,16H2,1-3H3,(H,30,31,35)/t18-,24?/m1/s1. The third kappa shape index (κ3) is 6.50. The SMILES string of the molecule is COC(O)C[C@@H](C)n1c(=O)nc(Nc2ccc(Oc3ccc(F)cn3)cc2)n(Cc2ccc(C)cc2)c1=O. The molecule has 10 nitrogen and oxygen atoms in total. The Hall–Kier alpha value is -4.35. The zero-order valence-corrected chi connectivity index (χ0v) is 21.2. The molecule has 0 aliphatic heterocycles. The topological polar surface area (TPSA) is 120 Å². The number of methoxy groups -OCH3 is 1. The van der Waals surface area contributed by atoms with E-state index in [2.05, 4.69) is 15.3 Å². The second-order valence-electron chi connectivity index (χ2n) is 8.78. The molecule has 38 heavy (non-hydrogen) atoms. The van der Waals surface area contributed by atoms with Gasteiger partial charge in [-0.1, -0.05) is 29.8 Å². The number of aryl methyl sites for hydroxylation is 1. The monoisotopic (exact) mass is 521 g/mol. The molecule has 0 bridgehead atoms. The predicted molar refractivity (Wildman–Crippen MR) is 139 cm³/mol. The first-order valence-electron chi connectivity index (χ1n) is 11.9. The van der Waals surface area contributed by atoms with E-state index in [-0.39, 0.29) is 24.8 Å². The predicted octanol–water partition coefficient (Wildman–Crippen LogP) is 3.75. The Morgan fingerprint density at radius 1 is 1.05 bits per heavy atom. The summed E-state index contributed by atoms with van der Waals surface area (Å²) < 4.78 is 25.9. The van der Waals surface area contributed by atoms with Gasteiger partial charge in [0.2, 0.25) is 11.8 Å². The van der Waals surface area contributed by atoms with Crippen molar-refractivity contribution in [3.63, 3.8) is 0 Å². The summed E-state index contributed by atoms with van der Waals surface area (Å²) in [6, 6.07) is 16.3. The summed E-state index contributed by atoms with van der Waals surface area (Å²) >= 11 is 0. The number of nitrogens with zero attached hydrogens (tertiary/aromatic N) is 4. The fourth-order valence-electron chi connectivity index (χ4n) is 3.77. The average Bonchev–Trinajstić information content (AvgIpc) is 2.89. The van der Waals surface area contributed by atoms with Crippen LogP contribution in [-0.4, -0.2) is 37.6 Å². The highest BCUT2D eigenvalue weighted by atomic mass is 19.1. The summed E-state index contributed by atoms with van der Waals surface area (Å²) in [7, 11) is 1.34. The number of aromatic nitrogens is 4. The van der Waals surface area contributed by atoms with E-state index in [0.29, 0.717) is 11.4 Å². The quantitative estimate of drug-likeness (QED) is 0.303. The number of aliphatic hydroxyl groups excluding tert-OH is 1. The molecule has 2 aromatic heterocycles. The van der Waals surface area contributed by atoms with Crippen molar-refractivity contribution in [3.05, 3.63) is 105 Å². The molecule has 0 saturated carbocycles. The molecule has 0 saturated heterocycles. The first-order chi connectivity index (χ1) is 18.2. The molecule has 1 unspecified atom stereocenters. The van der Waals surface area contributed by atoms with Crippen LogP contribution in [0.2, 0.25) is 0 Å². The van der Waals surface area contributed by atoms with Gasteiger partial charge in [-0.2, -0.15) is 4.98 Å². The Balaban J connectivity index is 1.65. The largest absolute Gasteiger partial charge is 0.439 e. The van der Waals surface area contributed by atoms with E-state index in [1.807, 2.05) is 31.2 Å². The molecule has 11 heteroatoms. The lowest BCUT2D eigenvalue weighted by Gasteiger charge is -2.20. The van der Waals surface area contributed by atoms with Gasteiger partial charge in [0, 0.05) is 31.3 Å². The maximum Gasteiger partial charge on any atom is 0.355 e. The molecule has 0 aliphatic rings. The molecule has 0 fully saturated rings. The van der Waals surface area contributed by atoms with Crippen molar-refractivity contribution < 1.29 is 19.0 Å². The fraction of sp³-hybridized carbons (Fsp3) is 0.259. The molecule has 4 rings (SSSR count). The Morgan fingerprint density at radius 2 is 1.76 bits per heavy atom. The van der Waals surface area contributed by atoms with Crippen LogP contribution in [0.15, 0.2) is 76.4 Å². The second-order valence-corrected chi connectivity index (χ2v) is 8.78. The third-order valence-electron chi connectivity index (χ3n) is 5.85. The van der Waals surface area contributed by atoms with Crippen molar-refractivity contribution in [1.82, 2.24) is 19.1 Å². The van der Waals surface area contributed by atoms with Crippen molar-refractivity contribution in [2.75, 3.05) is 12.4 Å². The van der Waals surface area contributed by atoms with Crippen LogP contribution < -0.4 is 21.4 Å². The summed E-state index contributed by atoms with van der Waals surface area (Å²) in [5, 5.41) is 12.9. The Bertz CT molecular complexity index is 1490. The molecule has 2 N–H and O–H groups in total. The van der Waals surface area contributed by atoms with Crippen molar-refractivity contribution >= 4 is 11.6 Å². The maximum absolute atomic E-state index is 13.5.